The standard InChI is InChI=1S/C21H21N5OS/c1-14-4-3-5-18(12-14)20-24-25-21(28)26(20)11-10-19(27)23-15(2)17-8-6-16(13-22)7-9-17/h3-9,12,15H,10-11H2,1-2H3,(H,23,27)(H,25,28). The zero-order valence-corrected chi connectivity index (χ0v) is 16.6. The van der Waals surface area contributed by atoms with Crippen molar-refractivity contribution in [2.24, 2.45) is 0 Å². The number of aromatic nitrogens is 3. The highest BCUT2D eigenvalue weighted by atomic mass is 32.1. The molecule has 2 N–H and O–H groups in total. The topological polar surface area (TPSA) is 86.5 Å². The van der Waals surface area contributed by atoms with E-state index in [-0.39, 0.29) is 18.4 Å². The van der Waals surface area contributed by atoms with E-state index in [9.17, 15) is 4.79 Å². The largest absolute Gasteiger partial charge is 0.350 e. The molecule has 2 aromatic carbocycles. The van der Waals surface area contributed by atoms with Gasteiger partial charge in [-0.3, -0.25) is 14.5 Å². The molecule has 0 bridgehead atoms. The fourth-order valence-electron chi connectivity index (χ4n) is 2.99. The molecule has 3 rings (SSSR count). The van der Waals surface area contributed by atoms with Crippen molar-refractivity contribution in [3.05, 3.63) is 70.0 Å². The Labute approximate surface area is 168 Å². The second kappa shape index (κ2) is 8.63. The number of nitriles is 1. The fraction of sp³-hybridized carbons (Fsp3) is 0.238. The van der Waals surface area contributed by atoms with Crippen LogP contribution in [0.5, 0.6) is 0 Å². The summed E-state index contributed by atoms with van der Waals surface area (Å²) in [5.41, 5.74) is 3.64. The molecule has 1 atom stereocenters. The molecule has 0 spiro atoms. The van der Waals surface area contributed by atoms with Gasteiger partial charge in [0.15, 0.2) is 10.6 Å². The van der Waals surface area contributed by atoms with E-state index in [0.717, 1.165) is 22.5 Å². The molecule has 3 aromatic rings. The van der Waals surface area contributed by atoms with Crippen LogP contribution in [0.25, 0.3) is 11.4 Å². The first-order valence-corrected chi connectivity index (χ1v) is 9.40. The number of nitrogens with zero attached hydrogens (tertiary/aromatic N) is 3. The van der Waals surface area contributed by atoms with E-state index < -0.39 is 0 Å². The smallest absolute Gasteiger partial charge is 0.222 e. The Morgan fingerprint density at radius 3 is 2.75 bits per heavy atom. The molecule has 1 amide bonds. The van der Waals surface area contributed by atoms with E-state index in [0.29, 0.717) is 16.9 Å². The fourth-order valence-corrected chi connectivity index (χ4v) is 3.21. The Balaban J connectivity index is 1.65. The number of hydrogen-bond donors (Lipinski definition) is 2. The van der Waals surface area contributed by atoms with Crippen molar-refractivity contribution in [3.63, 3.8) is 0 Å². The van der Waals surface area contributed by atoms with Crippen LogP contribution in [-0.4, -0.2) is 20.7 Å². The minimum atomic E-state index is -0.145. The van der Waals surface area contributed by atoms with Gasteiger partial charge in [0.25, 0.3) is 0 Å². The minimum absolute atomic E-state index is 0.0739. The van der Waals surface area contributed by atoms with Gasteiger partial charge in [0.05, 0.1) is 17.7 Å². The van der Waals surface area contributed by atoms with Gasteiger partial charge < -0.3 is 5.32 Å². The first kappa shape index (κ1) is 19.5. The van der Waals surface area contributed by atoms with E-state index in [1.54, 1.807) is 12.1 Å². The van der Waals surface area contributed by atoms with E-state index in [1.165, 1.54) is 0 Å². The predicted molar refractivity (Wildman–Crippen MR) is 110 cm³/mol. The number of aryl methyl sites for hydroxylation is 1. The van der Waals surface area contributed by atoms with Crippen LogP contribution in [0, 0.1) is 23.0 Å². The number of carbonyl (C=O) groups is 1. The molecule has 0 saturated carbocycles. The van der Waals surface area contributed by atoms with Crippen LogP contribution in [0.4, 0.5) is 0 Å². The molecule has 6 nitrogen and oxygen atoms in total. The molecule has 0 aliphatic rings. The van der Waals surface area contributed by atoms with Crippen molar-refractivity contribution in [1.29, 1.82) is 5.26 Å². The minimum Gasteiger partial charge on any atom is -0.350 e. The van der Waals surface area contributed by atoms with Gasteiger partial charge in [-0.15, -0.1) is 0 Å². The first-order valence-electron chi connectivity index (χ1n) is 8.99. The van der Waals surface area contributed by atoms with Crippen molar-refractivity contribution in [2.45, 2.75) is 32.9 Å². The number of rotatable bonds is 6. The molecule has 1 aromatic heterocycles. The molecule has 142 valence electrons. The number of amides is 1. The second-order valence-corrected chi connectivity index (χ2v) is 7.03. The Morgan fingerprint density at radius 2 is 2.07 bits per heavy atom. The van der Waals surface area contributed by atoms with Crippen molar-refractivity contribution in [2.75, 3.05) is 0 Å². The van der Waals surface area contributed by atoms with Crippen LogP contribution in [0.15, 0.2) is 48.5 Å². The summed E-state index contributed by atoms with van der Waals surface area (Å²) in [5.74, 6) is 0.650. The quantitative estimate of drug-likeness (QED) is 0.621. The van der Waals surface area contributed by atoms with E-state index in [2.05, 4.69) is 21.6 Å². The van der Waals surface area contributed by atoms with Crippen LogP contribution in [0.3, 0.4) is 0 Å². The molecule has 0 radical (unpaired) electrons. The van der Waals surface area contributed by atoms with Gasteiger partial charge in [-0.2, -0.15) is 10.4 Å². The normalized spacial score (nSPS) is 11.6. The summed E-state index contributed by atoms with van der Waals surface area (Å²) in [4.78, 5) is 12.4. The third-order valence-corrected chi connectivity index (χ3v) is 4.83. The van der Waals surface area contributed by atoms with Gasteiger partial charge in [-0.05, 0) is 49.8 Å². The van der Waals surface area contributed by atoms with Gasteiger partial charge in [0.1, 0.15) is 0 Å². The molecular weight excluding hydrogens is 370 g/mol. The Kier molecular flexibility index (Phi) is 6.02. The Hall–Kier alpha value is -3.24. The summed E-state index contributed by atoms with van der Waals surface area (Å²) >= 11 is 5.33. The molecule has 28 heavy (non-hydrogen) atoms. The van der Waals surface area contributed by atoms with Crippen LogP contribution in [0.1, 0.15) is 36.1 Å². The van der Waals surface area contributed by atoms with Gasteiger partial charge >= 0.3 is 0 Å². The van der Waals surface area contributed by atoms with Gasteiger partial charge in [0.2, 0.25) is 5.91 Å². The molecule has 0 fully saturated rings. The van der Waals surface area contributed by atoms with Crippen molar-refractivity contribution >= 4 is 18.1 Å². The predicted octanol–water partition coefficient (Wildman–Crippen LogP) is 4.06. The summed E-state index contributed by atoms with van der Waals surface area (Å²) in [6.45, 7) is 4.37. The summed E-state index contributed by atoms with van der Waals surface area (Å²) in [7, 11) is 0. The number of aromatic amines is 1. The van der Waals surface area contributed by atoms with Crippen LogP contribution < -0.4 is 5.32 Å². The molecule has 0 aliphatic heterocycles. The summed E-state index contributed by atoms with van der Waals surface area (Å²) in [5, 5.41) is 19.0. The third-order valence-electron chi connectivity index (χ3n) is 4.51. The second-order valence-electron chi connectivity index (χ2n) is 6.65. The van der Waals surface area contributed by atoms with Crippen LogP contribution in [0.2, 0.25) is 0 Å². The van der Waals surface area contributed by atoms with E-state index in [1.807, 2.05) is 54.8 Å². The zero-order valence-electron chi connectivity index (χ0n) is 15.8. The Bertz CT molecular complexity index is 1080. The highest BCUT2D eigenvalue weighted by Crippen LogP contribution is 2.19. The summed E-state index contributed by atoms with van der Waals surface area (Å²) < 4.78 is 2.33. The molecule has 0 saturated heterocycles. The monoisotopic (exact) mass is 391 g/mol. The maximum atomic E-state index is 12.4. The number of benzene rings is 2. The number of H-pyrrole nitrogens is 1. The molecule has 7 heteroatoms. The van der Waals surface area contributed by atoms with Crippen LogP contribution in [-0.2, 0) is 11.3 Å². The van der Waals surface area contributed by atoms with Gasteiger partial charge in [0, 0.05) is 18.5 Å². The number of carbonyl (C=O) groups excluding carboxylic acids is 1. The maximum Gasteiger partial charge on any atom is 0.222 e. The average molecular weight is 392 g/mol. The third kappa shape index (κ3) is 4.53. The lowest BCUT2D eigenvalue weighted by atomic mass is 10.1. The van der Waals surface area contributed by atoms with Crippen molar-refractivity contribution in [1.82, 2.24) is 20.1 Å². The van der Waals surface area contributed by atoms with E-state index >= 15 is 0 Å². The average Bonchev–Trinajstić information content (AvgIpc) is 3.07. The first-order chi connectivity index (χ1) is 13.5. The highest BCUT2D eigenvalue weighted by Gasteiger charge is 2.13. The van der Waals surface area contributed by atoms with Gasteiger partial charge in [-0.25, -0.2) is 0 Å². The van der Waals surface area contributed by atoms with Crippen molar-refractivity contribution < 1.29 is 4.79 Å². The summed E-state index contributed by atoms with van der Waals surface area (Å²) in [6.07, 6.45) is 0.285. The van der Waals surface area contributed by atoms with Gasteiger partial charge in [-0.1, -0.05) is 35.9 Å². The maximum absolute atomic E-state index is 12.4. The molecule has 0 aliphatic carbocycles. The van der Waals surface area contributed by atoms with E-state index in [4.69, 9.17) is 17.5 Å². The molecular formula is C21H21N5OS. The zero-order chi connectivity index (χ0) is 20.1. The summed E-state index contributed by atoms with van der Waals surface area (Å²) in [6, 6.07) is 17.1. The number of nitrogens with one attached hydrogen (secondary N) is 2. The number of hydrogen-bond acceptors (Lipinski definition) is 4. The lowest BCUT2D eigenvalue weighted by Crippen LogP contribution is -2.27. The SMILES string of the molecule is Cc1cccc(-c2n[nH]c(=S)n2CCC(=O)NC(C)c2ccc(C#N)cc2)c1. The van der Waals surface area contributed by atoms with Crippen molar-refractivity contribution in [3.8, 4) is 17.5 Å². The molecule has 1 heterocycles. The lowest BCUT2D eigenvalue weighted by Gasteiger charge is -2.15. The Morgan fingerprint density at radius 1 is 1.32 bits per heavy atom. The molecule has 1 unspecified atom stereocenters. The van der Waals surface area contributed by atoms with Crippen LogP contribution >= 0.6 is 12.2 Å². The lowest BCUT2D eigenvalue weighted by molar-refractivity contribution is -0.121. The highest BCUT2D eigenvalue weighted by molar-refractivity contribution is 7.71.